The average Bonchev–Trinajstić information content (AvgIpc) is 3.26. The zero-order valence-electron chi connectivity index (χ0n) is 20.1. The monoisotopic (exact) mass is 472 g/mol. The van der Waals surface area contributed by atoms with Gasteiger partial charge >= 0.3 is 0 Å². The second kappa shape index (κ2) is 8.70. The van der Waals surface area contributed by atoms with E-state index in [2.05, 4.69) is 50.3 Å². The Labute approximate surface area is 203 Å². The number of H-pyrrole nitrogens is 1. The first-order valence-electron chi connectivity index (χ1n) is 12.3. The van der Waals surface area contributed by atoms with Crippen LogP contribution in [0.5, 0.6) is 0 Å². The molecule has 35 heavy (non-hydrogen) atoms. The average molecular weight is 473 g/mol. The Morgan fingerprint density at radius 2 is 1.89 bits per heavy atom. The summed E-state index contributed by atoms with van der Waals surface area (Å²) in [5.41, 5.74) is 5.83. The van der Waals surface area contributed by atoms with Crippen molar-refractivity contribution in [1.29, 1.82) is 0 Å². The van der Waals surface area contributed by atoms with Crippen LogP contribution < -0.4 is 5.56 Å². The molecule has 1 N–H and O–H groups in total. The van der Waals surface area contributed by atoms with Crippen molar-refractivity contribution in [1.82, 2.24) is 29.8 Å². The quantitative estimate of drug-likeness (QED) is 0.493. The minimum atomic E-state index is -0.480. The maximum atomic E-state index is 14.6. The molecule has 4 aromatic rings. The molecule has 2 aliphatic rings. The Morgan fingerprint density at radius 3 is 2.69 bits per heavy atom. The van der Waals surface area contributed by atoms with Crippen molar-refractivity contribution in [2.75, 3.05) is 26.7 Å². The number of halogens is 1. The molecule has 0 aliphatic carbocycles. The Balaban J connectivity index is 1.34. The number of para-hydroxylation sites is 1. The van der Waals surface area contributed by atoms with Crippen LogP contribution in [0.2, 0.25) is 0 Å². The number of likely N-dealkylation sites (tertiary alicyclic amines) is 1. The van der Waals surface area contributed by atoms with E-state index < -0.39 is 11.4 Å². The first kappa shape index (κ1) is 22.1. The number of rotatable bonds is 3. The van der Waals surface area contributed by atoms with Gasteiger partial charge < -0.3 is 4.90 Å². The van der Waals surface area contributed by atoms with E-state index in [9.17, 15) is 9.18 Å². The van der Waals surface area contributed by atoms with Gasteiger partial charge in [-0.25, -0.2) is 4.39 Å². The molecular weight excluding hydrogens is 443 g/mol. The summed E-state index contributed by atoms with van der Waals surface area (Å²) in [6.45, 7) is 6.16. The van der Waals surface area contributed by atoms with Gasteiger partial charge in [0.05, 0.1) is 5.52 Å². The topological polar surface area (TPSA) is 70.1 Å². The summed E-state index contributed by atoms with van der Waals surface area (Å²) in [4.78, 5) is 17.8. The van der Waals surface area contributed by atoms with Gasteiger partial charge in [0.25, 0.3) is 5.56 Å². The minimum absolute atomic E-state index is 0.172. The first-order chi connectivity index (χ1) is 17.0. The fourth-order valence-corrected chi connectivity index (χ4v) is 5.53. The minimum Gasteiger partial charge on any atom is -0.306 e. The standard InChI is InChI=1S/C27H29FN6O/c1-17-4-3-5-22(28)27(17)34-24(35)15-23-26(31-34)25(30-29-23)19-6-7-20-16-33(13-8-18(20)14-19)21-9-11-32(2)12-10-21/h3-7,14-15,21,29H,8-13,16H2,1-2H3. The molecule has 1 saturated heterocycles. The molecule has 6 rings (SSSR count). The summed E-state index contributed by atoms with van der Waals surface area (Å²) in [6, 6.07) is 13.3. The van der Waals surface area contributed by atoms with Crippen molar-refractivity contribution in [3.05, 3.63) is 75.3 Å². The van der Waals surface area contributed by atoms with E-state index in [1.807, 2.05) is 0 Å². The molecule has 0 bridgehead atoms. The van der Waals surface area contributed by atoms with Crippen LogP contribution >= 0.6 is 0 Å². The molecule has 4 heterocycles. The summed E-state index contributed by atoms with van der Waals surface area (Å²) < 4.78 is 15.8. The Hall–Kier alpha value is -3.36. The highest BCUT2D eigenvalue weighted by Crippen LogP contribution is 2.30. The number of aromatic amines is 1. The number of benzene rings is 2. The largest absolute Gasteiger partial charge is 0.306 e. The lowest BCUT2D eigenvalue weighted by atomic mass is 9.93. The lowest BCUT2D eigenvalue weighted by Gasteiger charge is -2.39. The number of fused-ring (bicyclic) bond motifs is 2. The van der Waals surface area contributed by atoms with Gasteiger partial charge in [0.2, 0.25) is 0 Å². The fraction of sp³-hybridized carbons (Fsp3) is 0.370. The van der Waals surface area contributed by atoms with Crippen LogP contribution in [0.1, 0.15) is 29.5 Å². The van der Waals surface area contributed by atoms with Crippen LogP contribution in [0.15, 0.2) is 47.3 Å². The van der Waals surface area contributed by atoms with E-state index in [0.717, 1.165) is 29.8 Å². The summed E-state index contributed by atoms with van der Waals surface area (Å²) in [6.07, 6.45) is 3.47. The van der Waals surface area contributed by atoms with E-state index in [1.165, 1.54) is 49.2 Å². The van der Waals surface area contributed by atoms with Crippen LogP contribution in [-0.2, 0) is 13.0 Å². The second-order valence-electron chi connectivity index (χ2n) is 9.87. The van der Waals surface area contributed by atoms with Crippen LogP contribution in [0, 0.1) is 12.7 Å². The number of aryl methyl sites for hydroxylation is 1. The molecule has 7 nitrogen and oxygen atoms in total. The number of nitrogens with zero attached hydrogens (tertiary/aromatic N) is 5. The third-order valence-electron chi connectivity index (χ3n) is 7.57. The lowest BCUT2D eigenvalue weighted by molar-refractivity contribution is 0.109. The molecule has 180 valence electrons. The van der Waals surface area contributed by atoms with Crippen molar-refractivity contribution >= 4 is 11.0 Å². The van der Waals surface area contributed by atoms with Crippen LogP contribution in [0.25, 0.3) is 28.0 Å². The number of piperidine rings is 1. The van der Waals surface area contributed by atoms with E-state index >= 15 is 0 Å². The molecule has 0 saturated carbocycles. The van der Waals surface area contributed by atoms with Crippen molar-refractivity contribution in [3.63, 3.8) is 0 Å². The lowest BCUT2D eigenvalue weighted by Crippen LogP contribution is -2.45. The Morgan fingerprint density at radius 1 is 1.06 bits per heavy atom. The predicted molar refractivity (Wildman–Crippen MR) is 134 cm³/mol. The van der Waals surface area contributed by atoms with E-state index in [-0.39, 0.29) is 5.69 Å². The highest BCUT2D eigenvalue weighted by Gasteiger charge is 2.27. The molecule has 1 fully saturated rings. The third kappa shape index (κ3) is 3.96. The van der Waals surface area contributed by atoms with Gasteiger partial charge in [-0.1, -0.05) is 24.3 Å². The second-order valence-corrected chi connectivity index (χ2v) is 9.87. The van der Waals surface area contributed by atoms with E-state index in [4.69, 9.17) is 0 Å². The zero-order valence-corrected chi connectivity index (χ0v) is 20.1. The normalized spacial score (nSPS) is 17.7. The molecular formula is C27H29FN6O. The first-order valence-corrected chi connectivity index (χ1v) is 12.3. The third-order valence-corrected chi connectivity index (χ3v) is 7.57. The number of hydrogen-bond donors (Lipinski definition) is 1. The van der Waals surface area contributed by atoms with Crippen LogP contribution in [-0.4, -0.2) is 62.5 Å². The van der Waals surface area contributed by atoms with Gasteiger partial charge in [-0.2, -0.15) is 14.9 Å². The molecule has 0 amide bonds. The molecule has 0 radical (unpaired) electrons. The predicted octanol–water partition coefficient (Wildman–Crippen LogP) is 3.68. The zero-order chi connectivity index (χ0) is 24.1. The molecule has 0 unspecified atom stereocenters. The Kier molecular flexibility index (Phi) is 5.50. The fourth-order valence-electron chi connectivity index (χ4n) is 5.53. The summed E-state index contributed by atoms with van der Waals surface area (Å²) in [5.74, 6) is -0.480. The van der Waals surface area contributed by atoms with Gasteiger partial charge in [0.15, 0.2) is 0 Å². The smallest absolute Gasteiger partial charge is 0.273 e. The van der Waals surface area contributed by atoms with Crippen LogP contribution in [0.3, 0.4) is 0 Å². The molecule has 0 atom stereocenters. The van der Waals surface area contributed by atoms with Crippen molar-refractivity contribution in [3.8, 4) is 16.9 Å². The number of hydrogen-bond acceptors (Lipinski definition) is 5. The van der Waals surface area contributed by atoms with Crippen molar-refractivity contribution < 1.29 is 4.39 Å². The van der Waals surface area contributed by atoms with E-state index in [1.54, 1.807) is 19.1 Å². The van der Waals surface area contributed by atoms with Gasteiger partial charge in [-0.15, -0.1) is 0 Å². The molecule has 0 spiro atoms. The SMILES string of the molecule is Cc1cccc(F)c1-n1nc2c(-c3ccc4c(c3)CCN(C3CCN(C)CC3)C4)n[nH]c2cc1=O. The van der Waals surface area contributed by atoms with Crippen molar-refractivity contribution in [2.24, 2.45) is 0 Å². The highest BCUT2D eigenvalue weighted by atomic mass is 19.1. The van der Waals surface area contributed by atoms with Crippen molar-refractivity contribution in [2.45, 2.75) is 38.8 Å². The molecule has 2 aromatic carbocycles. The van der Waals surface area contributed by atoms with E-state index in [0.29, 0.717) is 28.3 Å². The molecule has 2 aliphatic heterocycles. The number of aromatic nitrogens is 4. The van der Waals surface area contributed by atoms with Crippen LogP contribution in [0.4, 0.5) is 4.39 Å². The highest BCUT2D eigenvalue weighted by molar-refractivity contribution is 5.89. The maximum absolute atomic E-state index is 14.6. The molecule has 8 heteroatoms. The Bertz CT molecular complexity index is 1450. The number of nitrogens with one attached hydrogen (secondary N) is 1. The molecule has 2 aromatic heterocycles. The van der Waals surface area contributed by atoms with Gasteiger partial charge in [-0.3, -0.25) is 14.8 Å². The van der Waals surface area contributed by atoms with Gasteiger partial charge in [0.1, 0.15) is 22.7 Å². The summed E-state index contributed by atoms with van der Waals surface area (Å²) >= 11 is 0. The maximum Gasteiger partial charge on any atom is 0.273 e. The summed E-state index contributed by atoms with van der Waals surface area (Å²) in [5, 5.41) is 12.0. The van der Waals surface area contributed by atoms with Gasteiger partial charge in [0, 0.05) is 30.8 Å². The summed E-state index contributed by atoms with van der Waals surface area (Å²) in [7, 11) is 2.20. The van der Waals surface area contributed by atoms with Gasteiger partial charge in [-0.05, 0) is 75.1 Å².